The second kappa shape index (κ2) is 9.04. The minimum Gasteiger partial charge on any atom is -0.454 e. The number of hydrogen-bond acceptors (Lipinski definition) is 1. The van der Waals surface area contributed by atoms with Crippen LogP contribution in [-0.4, -0.2) is 16.6 Å². The molecule has 4 aliphatic carbocycles. The molecule has 27 heavy (non-hydrogen) atoms. The Morgan fingerprint density at radius 2 is 0.704 bits per heavy atom. The molecule has 0 bridgehead atoms. The Morgan fingerprint density at radius 1 is 0.481 bits per heavy atom. The van der Waals surface area contributed by atoms with Gasteiger partial charge < -0.3 is 4.12 Å². The Balaban J connectivity index is 1.70. The van der Waals surface area contributed by atoms with Crippen molar-refractivity contribution in [3.8, 4) is 0 Å². The lowest BCUT2D eigenvalue weighted by Gasteiger charge is -2.52. The summed E-state index contributed by atoms with van der Waals surface area (Å²) < 4.78 is 8.14. The van der Waals surface area contributed by atoms with E-state index in [0.29, 0.717) is 0 Å². The summed E-state index contributed by atoms with van der Waals surface area (Å²) in [5.74, 6) is 0. The molecule has 0 amide bonds. The lowest BCUT2D eigenvalue weighted by molar-refractivity contribution is 0.422. The van der Waals surface area contributed by atoms with Crippen molar-refractivity contribution in [2.75, 3.05) is 0 Å². The van der Waals surface area contributed by atoms with E-state index in [1.165, 1.54) is 115 Å². The fourth-order valence-electron chi connectivity index (χ4n) is 8.31. The first-order chi connectivity index (χ1) is 13.2. The van der Waals surface area contributed by atoms with Gasteiger partial charge in [-0.3, -0.25) is 0 Å². The number of hydrogen-bond donors (Lipinski definition) is 0. The van der Waals surface area contributed by atoms with Crippen LogP contribution in [-0.2, 0) is 4.12 Å². The van der Waals surface area contributed by atoms with Crippen molar-refractivity contribution >= 4 is 16.6 Å². The van der Waals surface area contributed by atoms with Crippen LogP contribution in [0.25, 0.3) is 0 Å². The molecule has 4 aliphatic rings. The Labute approximate surface area is 171 Å². The molecule has 0 N–H and O–H groups in total. The summed E-state index contributed by atoms with van der Waals surface area (Å²) in [7, 11) is -3.27. The van der Waals surface area contributed by atoms with Crippen molar-refractivity contribution in [1.82, 2.24) is 0 Å². The highest BCUT2D eigenvalue weighted by atomic mass is 28.4. The molecule has 0 aromatic carbocycles. The fraction of sp³-hybridized carbons (Fsp3) is 1.00. The van der Waals surface area contributed by atoms with Crippen LogP contribution in [0.4, 0.5) is 0 Å². The molecule has 0 unspecified atom stereocenters. The van der Waals surface area contributed by atoms with E-state index in [9.17, 15) is 0 Å². The van der Waals surface area contributed by atoms with E-state index < -0.39 is 16.6 Å². The lowest BCUT2D eigenvalue weighted by Crippen LogP contribution is -2.59. The van der Waals surface area contributed by atoms with Crippen LogP contribution >= 0.6 is 0 Å². The first-order valence-electron chi connectivity index (χ1n) is 13.0. The van der Waals surface area contributed by atoms with Crippen LogP contribution in [0.2, 0.25) is 34.3 Å². The third-order valence-corrected chi connectivity index (χ3v) is 22.8. The van der Waals surface area contributed by atoms with Gasteiger partial charge in [0.25, 0.3) is 0 Å². The van der Waals surface area contributed by atoms with Crippen molar-refractivity contribution in [3.05, 3.63) is 0 Å². The topological polar surface area (TPSA) is 9.23 Å². The summed E-state index contributed by atoms with van der Waals surface area (Å²) in [6.07, 6.45) is 24.2. The van der Waals surface area contributed by atoms with E-state index in [0.717, 1.165) is 22.2 Å². The maximum Gasteiger partial charge on any atom is 0.185 e. The molecule has 0 atom stereocenters. The molecular formula is C24H46OSi2. The summed E-state index contributed by atoms with van der Waals surface area (Å²) in [6, 6.07) is 2.88. The highest BCUT2D eigenvalue weighted by Gasteiger charge is 2.58. The molecule has 156 valence electrons. The summed E-state index contributed by atoms with van der Waals surface area (Å²) in [5.41, 5.74) is 4.08. The highest BCUT2D eigenvalue weighted by Crippen LogP contribution is 2.59. The molecule has 0 spiro atoms. The van der Waals surface area contributed by atoms with Crippen LogP contribution in [0, 0.1) is 0 Å². The minimum atomic E-state index is -1.63. The molecule has 0 saturated heterocycles. The van der Waals surface area contributed by atoms with Gasteiger partial charge >= 0.3 is 0 Å². The van der Waals surface area contributed by atoms with Gasteiger partial charge in [0.15, 0.2) is 16.6 Å². The second-order valence-corrected chi connectivity index (χ2v) is 20.0. The molecule has 3 heteroatoms. The van der Waals surface area contributed by atoms with E-state index >= 15 is 0 Å². The summed E-state index contributed by atoms with van der Waals surface area (Å²) in [5, 5.41) is 0. The highest BCUT2D eigenvalue weighted by molar-refractivity contribution is 6.90. The Kier molecular flexibility index (Phi) is 6.92. The van der Waals surface area contributed by atoms with Crippen LogP contribution in [0.5, 0.6) is 0 Å². The van der Waals surface area contributed by atoms with E-state index in [4.69, 9.17) is 4.12 Å². The van der Waals surface area contributed by atoms with Crippen LogP contribution < -0.4 is 0 Å². The SMILES string of the molecule is CC[Si](O[Si](CC)(C1CCCC1)C1CCCC1)(C1CCCC1)C1CCCC1. The molecule has 4 fully saturated rings. The standard InChI is InChI=1S/C24H46OSi2/c1-3-26(21-13-5-6-14-21,22-15-7-8-16-22)25-27(4-2,23-17-9-10-18-23)24-19-11-12-20-24/h21-24H,3-20H2,1-2H3. The first-order valence-corrected chi connectivity index (χ1v) is 17.5. The van der Waals surface area contributed by atoms with Gasteiger partial charge in [0.2, 0.25) is 0 Å². The number of rotatable bonds is 8. The normalized spacial score (nSPS) is 27.3. The third kappa shape index (κ3) is 3.79. The van der Waals surface area contributed by atoms with E-state index in [2.05, 4.69) is 13.8 Å². The molecule has 4 rings (SSSR count). The van der Waals surface area contributed by atoms with E-state index in [1.807, 2.05) is 0 Å². The van der Waals surface area contributed by atoms with Gasteiger partial charge in [0.05, 0.1) is 0 Å². The van der Waals surface area contributed by atoms with Crippen LogP contribution in [0.15, 0.2) is 0 Å². The van der Waals surface area contributed by atoms with Gasteiger partial charge in [-0.2, -0.15) is 0 Å². The minimum absolute atomic E-state index is 1.02. The molecule has 1 nitrogen and oxygen atoms in total. The maximum absolute atomic E-state index is 8.14. The van der Waals surface area contributed by atoms with Crippen molar-refractivity contribution in [2.45, 2.75) is 151 Å². The molecule has 0 aromatic rings. The summed E-state index contributed by atoms with van der Waals surface area (Å²) >= 11 is 0. The quantitative estimate of drug-likeness (QED) is 0.366. The van der Waals surface area contributed by atoms with Gasteiger partial charge in [-0.05, 0) is 34.3 Å². The summed E-state index contributed by atoms with van der Waals surface area (Å²) in [4.78, 5) is 0. The van der Waals surface area contributed by atoms with Gasteiger partial charge in [-0.25, -0.2) is 0 Å². The first kappa shape index (κ1) is 20.7. The van der Waals surface area contributed by atoms with Crippen molar-refractivity contribution in [1.29, 1.82) is 0 Å². The van der Waals surface area contributed by atoms with Crippen LogP contribution in [0.3, 0.4) is 0 Å². The lowest BCUT2D eigenvalue weighted by atomic mass is 10.3. The molecule has 4 saturated carbocycles. The predicted octanol–water partition coefficient (Wildman–Crippen LogP) is 8.71. The molecule has 0 aliphatic heterocycles. The second-order valence-electron chi connectivity index (χ2n) is 10.6. The van der Waals surface area contributed by atoms with Crippen molar-refractivity contribution in [2.24, 2.45) is 0 Å². The fourth-order valence-corrected chi connectivity index (χ4v) is 24.1. The van der Waals surface area contributed by atoms with Crippen molar-refractivity contribution in [3.63, 3.8) is 0 Å². The van der Waals surface area contributed by atoms with Gasteiger partial charge in [-0.15, -0.1) is 0 Å². The van der Waals surface area contributed by atoms with Crippen LogP contribution in [0.1, 0.15) is 117 Å². The molecule has 0 heterocycles. The predicted molar refractivity (Wildman–Crippen MR) is 122 cm³/mol. The average molecular weight is 407 g/mol. The third-order valence-electron chi connectivity index (χ3n) is 9.67. The maximum atomic E-state index is 8.14. The van der Waals surface area contributed by atoms with E-state index in [-0.39, 0.29) is 0 Å². The molecule has 0 aromatic heterocycles. The zero-order valence-electron chi connectivity index (χ0n) is 18.4. The Morgan fingerprint density at radius 3 is 0.889 bits per heavy atom. The smallest absolute Gasteiger partial charge is 0.185 e. The van der Waals surface area contributed by atoms with Gasteiger partial charge in [0.1, 0.15) is 0 Å². The van der Waals surface area contributed by atoms with E-state index in [1.54, 1.807) is 0 Å². The molecule has 0 radical (unpaired) electrons. The largest absolute Gasteiger partial charge is 0.454 e. The average Bonchev–Trinajstić information content (AvgIpc) is 3.52. The zero-order chi connectivity index (χ0) is 18.7. The van der Waals surface area contributed by atoms with Gasteiger partial charge in [0, 0.05) is 0 Å². The summed E-state index contributed by atoms with van der Waals surface area (Å²) in [6.45, 7) is 5.14. The Bertz CT molecular complexity index is 381. The molecular weight excluding hydrogens is 360 g/mol. The zero-order valence-corrected chi connectivity index (χ0v) is 20.4. The Hall–Kier alpha value is 0.394. The van der Waals surface area contributed by atoms with Gasteiger partial charge in [-0.1, -0.05) is 117 Å². The van der Waals surface area contributed by atoms with Crippen molar-refractivity contribution < 1.29 is 4.12 Å². The monoisotopic (exact) mass is 406 g/mol.